The van der Waals surface area contributed by atoms with E-state index in [-0.39, 0.29) is 25.6 Å². The van der Waals surface area contributed by atoms with Crippen LogP contribution in [0.1, 0.15) is 219 Å². The van der Waals surface area contributed by atoms with Gasteiger partial charge in [0.2, 0.25) is 0 Å². The van der Waals surface area contributed by atoms with E-state index >= 15 is 0 Å². The Morgan fingerprint density at radius 3 is 1.32 bits per heavy atom. The van der Waals surface area contributed by atoms with E-state index in [4.69, 9.17) is 28.4 Å². The van der Waals surface area contributed by atoms with Crippen molar-refractivity contribution < 1.29 is 69.0 Å². The molecule has 446 valence electrons. The van der Waals surface area contributed by atoms with Crippen molar-refractivity contribution in [2.75, 3.05) is 33.0 Å². The molecule has 2 aliphatic heterocycles. The van der Waals surface area contributed by atoms with Crippen molar-refractivity contribution >= 4 is 5.97 Å². The first kappa shape index (κ1) is 70.5. The van der Waals surface area contributed by atoms with Gasteiger partial charge in [0.05, 0.1) is 26.4 Å². The van der Waals surface area contributed by atoms with Gasteiger partial charge in [0.25, 0.3) is 0 Å². The Labute approximate surface area is 466 Å². The standard InChI is InChI=1S/C63H110O14/c1-3-5-7-9-11-13-15-17-19-21-23-25-26-27-28-30-32-34-36-38-40-42-44-46-55(65)75-52(49-72-47-45-43-41-39-37-35-33-31-29-24-22-20-18-16-14-12-10-8-6-4-2)50-73-62-61(71)59(69)57(67)54(77-62)51-74-63-60(70)58(68)56(66)53(48-64)76-63/h5,7,11-14,17-20,23,25,52-54,56-64,66-71H,3-4,6,8-10,15-16,21-22,24,26-51H2,1-2H3/b7-5-,13-11-,14-12-,19-17-,20-18-,25-23-. The molecule has 2 rings (SSSR count). The van der Waals surface area contributed by atoms with Crippen LogP contribution in [-0.4, -0.2) is 142 Å². The minimum Gasteiger partial charge on any atom is -0.457 e. The van der Waals surface area contributed by atoms with E-state index in [1.165, 1.54) is 116 Å². The van der Waals surface area contributed by atoms with E-state index < -0.39 is 80.7 Å². The Morgan fingerprint density at radius 1 is 0.442 bits per heavy atom. The van der Waals surface area contributed by atoms with Crippen molar-refractivity contribution in [3.63, 3.8) is 0 Å². The lowest BCUT2D eigenvalue weighted by molar-refractivity contribution is -0.332. The highest BCUT2D eigenvalue weighted by Crippen LogP contribution is 2.27. The fourth-order valence-electron chi connectivity index (χ4n) is 9.31. The molecule has 11 unspecified atom stereocenters. The summed E-state index contributed by atoms with van der Waals surface area (Å²) in [5.74, 6) is -0.382. The van der Waals surface area contributed by atoms with Crippen LogP contribution in [0.2, 0.25) is 0 Å². The van der Waals surface area contributed by atoms with E-state index in [9.17, 15) is 40.5 Å². The number of esters is 1. The Kier molecular flexibility index (Phi) is 45.1. The monoisotopic (exact) mass is 1090 g/mol. The smallest absolute Gasteiger partial charge is 0.306 e. The predicted molar refractivity (Wildman–Crippen MR) is 307 cm³/mol. The summed E-state index contributed by atoms with van der Waals surface area (Å²) >= 11 is 0. The first-order valence-corrected chi connectivity index (χ1v) is 30.5. The third-order valence-corrected chi connectivity index (χ3v) is 14.2. The third-order valence-electron chi connectivity index (χ3n) is 14.2. The number of hydrogen-bond acceptors (Lipinski definition) is 14. The van der Waals surface area contributed by atoms with Crippen LogP contribution in [0.25, 0.3) is 0 Å². The molecule has 0 aromatic heterocycles. The zero-order valence-electron chi connectivity index (χ0n) is 47.9. The molecule has 0 amide bonds. The maximum absolute atomic E-state index is 13.1. The minimum absolute atomic E-state index is 0.0553. The van der Waals surface area contributed by atoms with Gasteiger partial charge in [-0.15, -0.1) is 0 Å². The lowest BCUT2D eigenvalue weighted by Gasteiger charge is -2.42. The van der Waals surface area contributed by atoms with Gasteiger partial charge in [0.1, 0.15) is 54.9 Å². The average molecular weight is 1090 g/mol. The SMILES string of the molecule is CC/C=C\C/C=C\C/C=C\C/C=C\CCCCCCCCCCCCC(=O)OC(COCCCCCCCCCCCC/C=C\C/C=C\CCCCC)COC1OC(COC2OC(CO)C(O)C(O)C2O)C(O)C(O)C1O. The number of ether oxygens (including phenoxy) is 6. The molecule has 0 aliphatic carbocycles. The van der Waals surface area contributed by atoms with E-state index in [2.05, 4.69) is 86.8 Å². The molecule has 77 heavy (non-hydrogen) atoms. The highest BCUT2D eigenvalue weighted by Gasteiger charge is 2.47. The second kappa shape index (κ2) is 49.3. The molecule has 0 spiro atoms. The highest BCUT2D eigenvalue weighted by molar-refractivity contribution is 5.69. The van der Waals surface area contributed by atoms with Crippen LogP contribution in [-0.2, 0) is 33.2 Å². The Bertz CT molecular complexity index is 1550. The van der Waals surface area contributed by atoms with Crippen LogP contribution in [0.4, 0.5) is 0 Å². The summed E-state index contributed by atoms with van der Waals surface area (Å²) < 4.78 is 34.4. The fourth-order valence-corrected chi connectivity index (χ4v) is 9.31. The summed E-state index contributed by atoms with van der Waals surface area (Å²) in [6.07, 6.45) is 46.7. The van der Waals surface area contributed by atoms with Crippen molar-refractivity contribution in [3.8, 4) is 0 Å². The van der Waals surface area contributed by atoms with Gasteiger partial charge in [-0.3, -0.25) is 4.79 Å². The van der Waals surface area contributed by atoms with Crippen LogP contribution in [0, 0.1) is 0 Å². The van der Waals surface area contributed by atoms with Gasteiger partial charge in [0.15, 0.2) is 12.6 Å². The Balaban J connectivity index is 1.70. The van der Waals surface area contributed by atoms with E-state index in [0.717, 1.165) is 77.0 Å². The molecule has 14 nitrogen and oxygen atoms in total. The van der Waals surface area contributed by atoms with Crippen LogP contribution >= 0.6 is 0 Å². The van der Waals surface area contributed by atoms with Gasteiger partial charge in [-0.25, -0.2) is 0 Å². The van der Waals surface area contributed by atoms with E-state index in [0.29, 0.717) is 13.0 Å². The largest absolute Gasteiger partial charge is 0.457 e. The molecule has 11 atom stereocenters. The van der Waals surface area contributed by atoms with Gasteiger partial charge in [-0.1, -0.05) is 202 Å². The topological polar surface area (TPSA) is 214 Å². The molecule has 2 aliphatic rings. The molecule has 0 radical (unpaired) electrons. The summed E-state index contributed by atoms with van der Waals surface area (Å²) in [5.41, 5.74) is 0. The number of aliphatic hydroxyl groups is 7. The summed E-state index contributed by atoms with van der Waals surface area (Å²) in [4.78, 5) is 13.1. The molecule has 2 heterocycles. The molecule has 7 N–H and O–H groups in total. The normalized spacial score (nSPS) is 24.8. The summed E-state index contributed by atoms with van der Waals surface area (Å²) in [6.45, 7) is 3.56. The quantitative estimate of drug-likeness (QED) is 0.0172. The first-order chi connectivity index (χ1) is 37.6. The summed E-state index contributed by atoms with van der Waals surface area (Å²) in [5, 5.41) is 72.4. The molecule has 0 aromatic carbocycles. The Morgan fingerprint density at radius 2 is 0.844 bits per heavy atom. The third kappa shape index (κ3) is 35.7. The van der Waals surface area contributed by atoms with Crippen LogP contribution in [0.3, 0.4) is 0 Å². The second-order valence-electron chi connectivity index (χ2n) is 21.1. The van der Waals surface area contributed by atoms with Crippen molar-refractivity contribution in [2.45, 2.75) is 287 Å². The van der Waals surface area contributed by atoms with Crippen molar-refractivity contribution in [1.29, 1.82) is 0 Å². The minimum atomic E-state index is -1.71. The zero-order valence-corrected chi connectivity index (χ0v) is 47.9. The summed E-state index contributed by atoms with van der Waals surface area (Å²) in [6, 6.07) is 0. The van der Waals surface area contributed by atoms with Gasteiger partial charge in [-0.05, 0) is 83.5 Å². The molecule has 2 fully saturated rings. The van der Waals surface area contributed by atoms with Gasteiger partial charge < -0.3 is 64.2 Å². The molecule has 2 saturated heterocycles. The number of hydrogen-bond donors (Lipinski definition) is 7. The molecular formula is C63H110O14. The number of unbranched alkanes of at least 4 members (excludes halogenated alkanes) is 23. The zero-order chi connectivity index (χ0) is 55.8. The Hall–Kier alpha value is -2.57. The molecular weight excluding hydrogens is 981 g/mol. The molecule has 14 heteroatoms. The number of carbonyl (C=O) groups excluding carboxylic acids is 1. The average Bonchev–Trinajstić information content (AvgIpc) is 3.43. The highest BCUT2D eigenvalue weighted by atomic mass is 16.7. The van der Waals surface area contributed by atoms with Crippen molar-refractivity contribution in [2.24, 2.45) is 0 Å². The lowest BCUT2D eigenvalue weighted by atomic mass is 9.98. The number of rotatable bonds is 49. The van der Waals surface area contributed by atoms with Crippen LogP contribution in [0.5, 0.6) is 0 Å². The van der Waals surface area contributed by atoms with E-state index in [1.54, 1.807) is 0 Å². The van der Waals surface area contributed by atoms with Gasteiger partial charge in [0, 0.05) is 13.0 Å². The van der Waals surface area contributed by atoms with Crippen LogP contribution < -0.4 is 0 Å². The fraction of sp³-hybridized carbons (Fsp3) is 0.794. The summed E-state index contributed by atoms with van der Waals surface area (Å²) in [7, 11) is 0. The number of allylic oxidation sites excluding steroid dienone is 12. The van der Waals surface area contributed by atoms with E-state index in [1.807, 2.05) is 0 Å². The first-order valence-electron chi connectivity index (χ1n) is 30.5. The van der Waals surface area contributed by atoms with Crippen molar-refractivity contribution in [3.05, 3.63) is 72.9 Å². The molecule has 0 aromatic rings. The maximum Gasteiger partial charge on any atom is 0.306 e. The lowest BCUT2D eigenvalue weighted by Crippen LogP contribution is -2.61. The second-order valence-corrected chi connectivity index (χ2v) is 21.1. The number of carbonyl (C=O) groups is 1. The van der Waals surface area contributed by atoms with Crippen molar-refractivity contribution in [1.82, 2.24) is 0 Å². The molecule has 0 bridgehead atoms. The molecule has 0 saturated carbocycles. The van der Waals surface area contributed by atoms with Gasteiger partial charge in [-0.2, -0.15) is 0 Å². The number of aliphatic hydroxyl groups excluding tert-OH is 7. The van der Waals surface area contributed by atoms with Crippen LogP contribution in [0.15, 0.2) is 72.9 Å². The predicted octanol–water partition coefficient (Wildman–Crippen LogP) is 11.4. The maximum atomic E-state index is 13.1. The van der Waals surface area contributed by atoms with Gasteiger partial charge >= 0.3 is 5.97 Å².